The molecule has 29 heavy (non-hydrogen) atoms. The molecule has 3 aromatic rings. The van der Waals surface area contributed by atoms with Crippen LogP contribution in [0.25, 0.3) is 10.9 Å². The molecule has 1 aromatic heterocycles. The van der Waals surface area contributed by atoms with E-state index in [4.69, 9.17) is 0 Å². The molecule has 1 N–H and O–H groups in total. The molecule has 1 aliphatic rings. The van der Waals surface area contributed by atoms with Crippen molar-refractivity contribution in [3.05, 3.63) is 72.2 Å². The van der Waals surface area contributed by atoms with Gasteiger partial charge in [0.1, 0.15) is 5.82 Å². The first-order chi connectivity index (χ1) is 13.1. The Kier molecular flexibility index (Phi) is 8.49. The highest BCUT2D eigenvalue weighted by Crippen LogP contribution is 2.29. The second-order valence-corrected chi connectivity index (χ2v) is 7.45. The van der Waals surface area contributed by atoms with Gasteiger partial charge in [0.15, 0.2) is 0 Å². The van der Waals surface area contributed by atoms with Crippen LogP contribution in [-0.2, 0) is 0 Å². The van der Waals surface area contributed by atoms with Crippen molar-refractivity contribution in [2.75, 3.05) is 39.8 Å². The van der Waals surface area contributed by atoms with Gasteiger partial charge < -0.3 is 14.6 Å². The molecule has 0 bridgehead atoms. The van der Waals surface area contributed by atoms with Gasteiger partial charge >= 0.3 is 0 Å². The summed E-state index contributed by atoms with van der Waals surface area (Å²) in [7, 11) is 2.13. The molecule has 0 spiro atoms. The molecule has 0 saturated carbocycles. The molecule has 7 heteroatoms. The zero-order valence-electron chi connectivity index (χ0n) is 16.4. The van der Waals surface area contributed by atoms with Crippen molar-refractivity contribution in [3.63, 3.8) is 0 Å². The van der Waals surface area contributed by atoms with Crippen molar-refractivity contribution < 1.29 is 9.50 Å². The fourth-order valence-corrected chi connectivity index (χ4v) is 3.99. The predicted molar refractivity (Wildman–Crippen MR) is 121 cm³/mol. The molecule has 0 amide bonds. The molecule has 1 saturated heterocycles. The van der Waals surface area contributed by atoms with Gasteiger partial charge in [-0.3, -0.25) is 4.90 Å². The van der Waals surface area contributed by atoms with Crippen LogP contribution in [0.4, 0.5) is 4.39 Å². The summed E-state index contributed by atoms with van der Waals surface area (Å²) in [5, 5.41) is 12.1. The Morgan fingerprint density at radius 1 is 0.966 bits per heavy atom. The van der Waals surface area contributed by atoms with E-state index in [1.165, 1.54) is 6.07 Å². The molecule has 2 atom stereocenters. The normalized spacial score (nSPS) is 17.3. The smallest absolute Gasteiger partial charge is 0.123 e. The third kappa shape index (κ3) is 5.30. The average Bonchev–Trinajstić information content (AvgIpc) is 3.07. The molecule has 4 rings (SSSR count). The number of hydrogen-bond acceptors (Lipinski definition) is 3. The first-order valence-electron chi connectivity index (χ1n) is 9.52. The first-order valence-corrected chi connectivity index (χ1v) is 9.52. The average molecular weight is 440 g/mol. The summed E-state index contributed by atoms with van der Waals surface area (Å²) in [6.45, 7) is 4.59. The minimum atomic E-state index is -0.559. The molecule has 158 valence electrons. The lowest BCUT2D eigenvalue weighted by molar-refractivity contribution is 0.0594. The highest BCUT2D eigenvalue weighted by molar-refractivity contribution is 5.85. The van der Waals surface area contributed by atoms with Crippen LogP contribution >= 0.6 is 24.8 Å². The topological polar surface area (TPSA) is 31.6 Å². The van der Waals surface area contributed by atoms with Crippen LogP contribution in [0.1, 0.15) is 11.6 Å². The van der Waals surface area contributed by atoms with Gasteiger partial charge in [0, 0.05) is 49.8 Å². The minimum Gasteiger partial charge on any atom is -0.389 e. The zero-order chi connectivity index (χ0) is 18.8. The summed E-state index contributed by atoms with van der Waals surface area (Å²) in [6, 6.07) is 16.6. The van der Waals surface area contributed by atoms with E-state index in [9.17, 15) is 9.50 Å². The summed E-state index contributed by atoms with van der Waals surface area (Å²) in [5.74, 6) is -0.241. The molecule has 1 aliphatic heterocycles. The SMILES string of the molecule is CN1CCN(CC(O)C(c2ccccc2)n2ccc3cc(F)ccc32)CC1.Cl.Cl. The maximum absolute atomic E-state index is 13.6. The van der Waals surface area contributed by atoms with Gasteiger partial charge in [-0.05, 0) is 36.9 Å². The Balaban J connectivity index is 0.00000150. The number of rotatable bonds is 5. The molecule has 0 aliphatic carbocycles. The van der Waals surface area contributed by atoms with Crippen LogP contribution in [0, 0.1) is 5.82 Å². The van der Waals surface area contributed by atoms with E-state index in [-0.39, 0.29) is 36.7 Å². The maximum atomic E-state index is 13.6. The first kappa shape index (κ1) is 23.6. The van der Waals surface area contributed by atoms with E-state index in [1.807, 2.05) is 42.6 Å². The summed E-state index contributed by atoms with van der Waals surface area (Å²) in [6.07, 6.45) is 1.39. The van der Waals surface area contributed by atoms with Crippen molar-refractivity contribution >= 4 is 35.7 Å². The number of halogens is 3. The lowest BCUT2D eigenvalue weighted by atomic mass is 10.00. The van der Waals surface area contributed by atoms with Gasteiger partial charge in [-0.15, -0.1) is 24.8 Å². The molecular formula is C22H28Cl2FN3O. The van der Waals surface area contributed by atoms with Gasteiger partial charge in [-0.2, -0.15) is 0 Å². The molecule has 2 unspecified atom stereocenters. The molecule has 4 nitrogen and oxygen atoms in total. The summed E-state index contributed by atoms with van der Waals surface area (Å²) in [5.41, 5.74) is 1.99. The molecule has 0 radical (unpaired) electrons. The Morgan fingerprint density at radius 3 is 2.34 bits per heavy atom. The van der Waals surface area contributed by atoms with E-state index in [2.05, 4.69) is 21.4 Å². The van der Waals surface area contributed by atoms with Gasteiger partial charge in [0.2, 0.25) is 0 Å². The van der Waals surface area contributed by atoms with Crippen molar-refractivity contribution in [1.82, 2.24) is 14.4 Å². The van der Waals surface area contributed by atoms with Crippen molar-refractivity contribution in [3.8, 4) is 0 Å². The van der Waals surface area contributed by atoms with E-state index < -0.39 is 6.10 Å². The van der Waals surface area contributed by atoms with Gasteiger partial charge in [0.05, 0.1) is 12.1 Å². The fourth-order valence-electron chi connectivity index (χ4n) is 3.99. The number of hydrogen-bond donors (Lipinski definition) is 1. The van der Waals surface area contributed by atoms with Crippen molar-refractivity contribution in [2.24, 2.45) is 0 Å². The number of nitrogens with zero attached hydrogens (tertiary/aromatic N) is 3. The molecule has 1 fully saturated rings. The zero-order valence-corrected chi connectivity index (χ0v) is 18.1. The Morgan fingerprint density at radius 2 is 1.66 bits per heavy atom. The number of aliphatic hydroxyl groups excluding tert-OH is 1. The van der Waals surface area contributed by atoms with Crippen molar-refractivity contribution in [2.45, 2.75) is 12.1 Å². The number of fused-ring (bicyclic) bond motifs is 1. The summed E-state index contributed by atoms with van der Waals surface area (Å²) < 4.78 is 15.7. The molecule has 2 heterocycles. The van der Waals surface area contributed by atoms with Crippen LogP contribution in [0.2, 0.25) is 0 Å². The third-order valence-corrected chi connectivity index (χ3v) is 5.53. The molecule has 2 aromatic carbocycles. The third-order valence-electron chi connectivity index (χ3n) is 5.53. The minimum absolute atomic E-state index is 0. The molecular weight excluding hydrogens is 412 g/mol. The van der Waals surface area contributed by atoms with Crippen molar-refractivity contribution in [1.29, 1.82) is 0 Å². The second kappa shape index (κ2) is 10.4. The quantitative estimate of drug-likeness (QED) is 0.655. The number of β-amino-alcohol motifs (C(OH)–C–C–N with tert-alkyl or cyclic N) is 1. The van der Waals surface area contributed by atoms with E-state index >= 15 is 0 Å². The highest BCUT2D eigenvalue weighted by atomic mass is 35.5. The summed E-state index contributed by atoms with van der Waals surface area (Å²) in [4.78, 5) is 4.64. The predicted octanol–water partition coefficient (Wildman–Crippen LogP) is 3.82. The van der Waals surface area contributed by atoms with Gasteiger partial charge in [-0.1, -0.05) is 30.3 Å². The Labute approximate surface area is 183 Å². The summed E-state index contributed by atoms with van der Waals surface area (Å²) >= 11 is 0. The standard InChI is InChI=1S/C22H26FN3O.2ClH/c1-24-11-13-25(14-12-24)16-21(27)22(17-5-3-2-4-6-17)26-10-9-18-15-19(23)7-8-20(18)26;;/h2-10,15,21-22,27H,11-14,16H2,1H3;2*1H. The van der Waals surface area contributed by atoms with Crippen LogP contribution < -0.4 is 0 Å². The number of benzene rings is 2. The largest absolute Gasteiger partial charge is 0.389 e. The number of aliphatic hydroxyl groups is 1. The van der Waals surface area contributed by atoms with E-state index in [0.29, 0.717) is 6.54 Å². The van der Waals surface area contributed by atoms with Gasteiger partial charge in [-0.25, -0.2) is 4.39 Å². The monoisotopic (exact) mass is 439 g/mol. The lowest BCUT2D eigenvalue weighted by Gasteiger charge is -2.36. The van der Waals surface area contributed by atoms with E-state index in [1.54, 1.807) is 12.1 Å². The maximum Gasteiger partial charge on any atom is 0.123 e. The fraction of sp³-hybridized carbons (Fsp3) is 0.364. The Bertz CT molecular complexity index is 897. The Hall–Kier alpha value is -1.63. The van der Waals surface area contributed by atoms with Crippen LogP contribution in [0.3, 0.4) is 0 Å². The van der Waals surface area contributed by atoms with Crippen LogP contribution in [-0.4, -0.2) is 65.3 Å². The van der Waals surface area contributed by atoms with E-state index in [0.717, 1.165) is 42.6 Å². The lowest BCUT2D eigenvalue weighted by Crippen LogP contribution is -2.48. The number of piperazine rings is 1. The number of likely N-dealkylation sites (N-methyl/N-ethyl adjacent to an activating group) is 1. The van der Waals surface area contributed by atoms with Gasteiger partial charge in [0.25, 0.3) is 0 Å². The second-order valence-electron chi connectivity index (χ2n) is 7.45. The van der Waals surface area contributed by atoms with Crippen LogP contribution in [0.5, 0.6) is 0 Å². The number of aromatic nitrogens is 1. The van der Waals surface area contributed by atoms with Crippen LogP contribution in [0.15, 0.2) is 60.8 Å². The highest BCUT2D eigenvalue weighted by Gasteiger charge is 2.27.